The molecule has 94 valence electrons. The molecule has 0 saturated carbocycles. The summed E-state index contributed by atoms with van der Waals surface area (Å²) >= 11 is 3.17. The summed E-state index contributed by atoms with van der Waals surface area (Å²) in [5, 5.41) is 31.3. The Kier molecular flexibility index (Phi) is 5.49. The number of hydrogen-bond donors (Lipinski definition) is 3. The molecule has 0 aromatic heterocycles. The summed E-state index contributed by atoms with van der Waals surface area (Å²) < 4.78 is 0.427. The van der Waals surface area contributed by atoms with Gasteiger partial charge in [0.25, 0.3) is 5.69 Å². The Morgan fingerprint density at radius 2 is 2.24 bits per heavy atom. The van der Waals surface area contributed by atoms with Gasteiger partial charge in [0.2, 0.25) is 0 Å². The molecule has 7 heteroatoms. The largest absolute Gasteiger partial charge is 0.394 e. The van der Waals surface area contributed by atoms with Crippen LogP contribution in [-0.2, 0) is 6.54 Å². The van der Waals surface area contributed by atoms with Gasteiger partial charge in [-0.2, -0.15) is 0 Å². The lowest BCUT2D eigenvalue weighted by Crippen LogP contribution is -2.29. The van der Waals surface area contributed by atoms with Crippen LogP contribution in [-0.4, -0.2) is 34.4 Å². The van der Waals surface area contributed by atoms with Gasteiger partial charge in [0.05, 0.1) is 22.1 Å². The molecule has 1 atom stereocenters. The van der Waals surface area contributed by atoms with E-state index in [2.05, 4.69) is 21.2 Å². The van der Waals surface area contributed by atoms with Gasteiger partial charge in [-0.15, -0.1) is 0 Å². The van der Waals surface area contributed by atoms with Gasteiger partial charge in [-0.05, 0) is 21.5 Å². The van der Waals surface area contributed by atoms with Gasteiger partial charge in [-0.1, -0.05) is 12.1 Å². The number of aliphatic hydroxyl groups is 2. The Labute approximate surface area is 107 Å². The molecule has 6 nitrogen and oxygen atoms in total. The van der Waals surface area contributed by atoms with Crippen LogP contribution in [0.25, 0.3) is 0 Å². The van der Waals surface area contributed by atoms with Gasteiger partial charge in [0.1, 0.15) is 0 Å². The highest BCUT2D eigenvalue weighted by atomic mass is 79.9. The number of nitrogens with zero attached hydrogens (tertiary/aromatic N) is 1. The monoisotopic (exact) mass is 304 g/mol. The van der Waals surface area contributed by atoms with Crippen molar-refractivity contribution in [1.82, 2.24) is 5.32 Å². The number of rotatable bonds is 6. The highest BCUT2D eigenvalue weighted by Crippen LogP contribution is 2.27. The van der Waals surface area contributed by atoms with Crippen LogP contribution in [0.1, 0.15) is 5.56 Å². The van der Waals surface area contributed by atoms with Gasteiger partial charge < -0.3 is 15.5 Å². The molecule has 0 bridgehead atoms. The van der Waals surface area contributed by atoms with Gasteiger partial charge in [-0.25, -0.2) is 0 Å². The molecule has 1 rings (SSSR count). The molecule has 0 aliphatic heterocycles. The fraction of sp³-hybridized carbons (Fsp3) is 0.400. The standard InChI is InChI=1S/C10H13BrN2O4/c11-10-7(4-12-5-8(15)6-14)2-1-3-9(10)13(16)17/h1-3,8,12,14-15H,4-6H2. The van der Waals surface area contributed by atoms with Crippen LogP contribution in [0, 0.1) is 10.1 Å². The number of nitrogens with one attached hydrogen (secondary N) is 1. The summed E-state index contributed by atoms with van der Waals surface area (Å²) in [6, 6.07) is 4.76. The minimum Gasteiger partial charge on any atom is -0.394 e. The maximum atomic E-state index is 10.7. The first kappa shape index (κ1) is 14.0. The molecule has 0 saturated heterocycles. The zero-order chi connectivity index (χ0) is 12.8. The third-order valence-electron chi connectivity index (χ3n) is 2.16. The third kappa shape index (κ3) is 4.04. The Balaban J connectivity index is 2.66. The van der Waals surface area contributed by atoms with Crippen LogP contribution < -0.4 is 5.32 Å². The van der Waals surface area contributed by atoms with E-state index >= 15 is 0 Å². The lowest BCUT2D eigenvalue weighted by atomic mass is 10.2. The van der Waals surface area contributed by atoms with E-state index in [1.807, 2.05) is 0 Å². The van der Waals surface area contributed by atoms with E-state index in [4.69, 9.17) is 10.2 Å². The number of benzene rings is 1. The number of nitro benzene ring substituents is 1. The second-order valence-electron chi connectivity index (χ2n) is 3.47. The maximum absolute atomic E-state index is 10.7. The van der Waals surface area contributed by atoms with E-state index in [1.165, 1.54) is 6.07 Å². The highest BCUT2D eigenvalue weighted by Gasteiger charge is 2.14. The molecule has 17 heavy (non-hydrogen) atoms. The highest BCUT2D eigenvalue weighted by molar-refractivity contribution is 9.10. The normalized spacial score (nSPS) is 12.4. The van der Waals surface area contributed by atoms with Crippen molar-refractivity contribution >= 4 is 21.6 Å². The van der Waals surface area contributed by atoms with E-state index in [1.54, 1.807) is 12.1 Å². The Bertz CT molecular complexity index is 400. The van der Waals surface area contributed by atoms with Crippen molar-refractivity contribution in [2.75, 3.05) is 13.2 Å². The Morgan fingerprint density at radius 1 is 1.53 bits per heavy atom. The molecule has 0 amide bonds. The first-order valence-corrected chi connectivity index (χ1v) is 5.77. The van der Waals surface area contributed by atoms with E-state index in [0.29, 0.717) is 11.0 Å². The van der Waals surface area contributed by atoms with Crippen molar-refractivity contribution < 1.29 is 15.1 Å². The summed E-state index contributed by atoms with van der Waals surface area (Å²) in [6.07, 6.45) is -0.826. The molecule has 0 fully saturated rings. The van der Waals surface area contributed by atoms with Gasteiger partial charge in [0, 0.05) is 19.2 Å². The van der Waals surface area contributed by atoms with Crippen LogP contribution in [0.3, 0.4) is 0 Å². The molecular weight excluding hydrogens is 292 g/mol. The van der Waals surface area contributed by atoms with Crippen LogP contribution in [0.5, 0.6) is 0 Å². The Hall–Kier alpha value is -1.02. The van der Waals surface area contributed by atoms with Crippen molar-refractivity contribution in [2.45, 2.75) is 12.6 Å². The third-order valence-corrected chi connectivity index (χ3v) is 3.08. The number of halogens is 1. The van der Waals surface area contributed by atoms with Crippen molar-refractivity contribution in [3.05, 3.63) is 38.3 Å². The minimum absolute atomic E-state index is 0.00649. The van der Waals surface area contributed by atoms with Crippen molar-refractivity contribution in [3.8, 4) is 0 Å². The average molecular weight is 305 g/mol. The van der Waals surface area contributed by atoms with Gasteiger partial charge in [0.15, 0.2) is 0 Å². The lowest BCUT2D eigenvalue weighted by Gasteiger charge is -2.10. The first-order chi connectivity index (χ1) is 8.06. The molecule has 0 aliphatic rings. The van der Waals surface area contributed by atoms with E-state index < -0.39 is 11.0 Å². The SMILES string of the molecule is O=[N+]([O-])c1cccc(CNCC(O)CO)c1Br. The molecule has 0 spiro atoms. The molecule has 1 unspecified atom stereocenters. The van der Waals surface area contributed by atoms with Crippen molar-refractivity contribution in [1.29, 1.82) is 0 Å². The number of nitro groups is 1. The van der Waals surface area contributed by atoms with Gasteiger partial charge >= 0.3 is 0 Å². The summed E-state index contributed by atoms with van der Waals surface area (Å²) in [5.41, 5.74) is 0.733. The first-order valence-electron chi connectivity index (χ1n) is 4.97. The quantitative estimate of drug-likeness (QED) is 0.534. The van der Waals surface area contributed by atoms with Crippen LogP contribution in [0.15, 0.2) is 22.7 Å². The maximum Gasteiger partial charge on any atom is 0.283 e. The zero-order valence-corrected chi connectivity index (χ0v) is 10.6. The fourth-order valence-electron chi connectivity index (χ4n) is 1.28. The molecule has 1 aromatic rings. The molecule has 3 N–H and O–H groups in total. The second-order valence-corrected chi connectivity index (χ2v) is 4.27. The summed E-state index contributed by atoms with van der Waals surface area (Å²) in [5.74, 6) is 0. The topological polar surface area (TPSA) is 95.6 Å². The predicted molar refractivity (Wildman–Crippen MR) is 65.6 cm³/mol. The fourth-order valence-corrected chi connectivity index (χ4v) is 1.83. The lowest BCUT2D eigenvalue weighted by molar-refractivity contribution is -0.385. The summed E-state index contributed by atoms with van der Waals surface area (Å²) in [6.45, 7) is 0.286. The molecule has 1 aromatic carbocycles. The molecule has 0 radical (unpaired) electrons. The van der Waals surface area contributed by atoms with Crippen molar-refractivity contribution in [2.24, 2.45) is 0 Å². The van der Waals surface area contributed by atoms with E-state index in [0.717, 1.165) is 5.56 Å². The summed E-state index contributed by atoms with van der Waals surface area (Å²) in [4.78, 5) is 10.2. The number of aliphatic hydroxyl groups excluding tert-OH is 2. The van der Waals surface area contributed by atoms with Crippen LogP contribution in [0.2, 0.25) is 0 Å². The number of hydrogen-bond acceptors (Lipinski definition) is 5. The molecule has 0 heterocycles. The van der Waals surface area contributed by atoms with E-state index in [-0.39, 0.29) is 18.8 Å². The predicted octanol–water partition coefficient (Wildman–Crippen LogP) is 0.800. The molecule has 0 aliphatic carbocycles. The molecular formula is C10H13BrN2O4. The van der Waals surface area contributed by atoms with Crippen molar-refractivity contribution in [3.63, 3.8) is 0 Å². The van der Waals surface area contributed by atoms with Crippen LogP contribution in [0.4, 0.5) is 5.69 Å². The minimum atomic E-state index is -0.826. The second kappa shape index (κ2) is 6.65. The smallest absolute Gasteiger partial charge is 0.283 e. The van der Waals surface area contributed by atoms with Crippen LogP contribution >= 0.6 is 15.9 Å². The zero-order valence-electron chi connectivity index (χ0n) is 8.97. The Morgan fingerprint density at radius 3 is 2.82 bits per heavy atom. The van der Waals surface area contributed by atoms with E-state index in [9.17, 15) is 10.1 Å². The van der Waals surface area contributed by atoms with Gasteiger partial charge in [-0.3, -0.25) is 10.1 Å². The average Bonchev–Trinajstić information content (AvgIpc) is 2.30. The summed E-state index contributed by atoms with van der Waals surface area (Å²) in [7, 11) is 0.